The van der Waals surface area contributed by atoms with Crippen molar-refractivity contribution in [2.75, 3.05) is 38.2 Å². The molecule has 26 heavy (non-hydrogen) atoms. The van der Waals surface area contributed by atoms with E-state index >= 15 is 0 Å². The van der Waals surface area contributed by atoms with Crippen LogP contribution in [-0.2, 0) is 4.79 Å². The summed E-state index contributed by atoms with van der Waals surface area (Å²) in [6, 6.07) is 5.43. The van der Waals surface area contributed by atoms with E-state index in [1.807, 2.05) is 12.1 Å². The topological polar surface area (TPSA) is 89.7 Å². The molecule has 1 saturated carbocycles. The molecular formula is C18H20N4O4. The van der Waals surface area contributed by atoms with Crippen molar-refractivity contribution in [2.45, 2.75) is 24.7 Å². The van der Waals surface area contributed by atoms with Crippen molar-refractivity contribution in [1.29, 1.82) is 0 Å². The van der Waals surface area contributed by atoms with Gasteiger partial charge in [0.05, 0.1) is 12.5 Å². The molecule has 2 aromatic rings. The average molecular weight is 356 g/mol. The van der Waals surface area contributed by atoms with Crippen molar-refractivity contribution in [3.05, 3.63) is 29.9 Å². The predicted molar refractivity (Wildman–Crippen MR) is 91.5 cm³/mol. The molecule has 0 unspecified atom stereocenters. The fraction of sp³-hybridized carbons (Fsp3) is 0.500. The van der Waals surface area contributed by atoms with Gasteiger partial charge in [-0.15, -0.1) is 0 Å². The number of fused-ring (bicyclic) bond motifs is 1. The molecule has 1 aliphatic carbocycles. The monoisotopic (exact) mass is 356 g/mol. The molecule has 8 heteroatoms. The van der Waals surface area contributed by atoms with Gasteiger partial charge in [-0.25, -0.2) is 0 Å². The first-order chi connectivity index (χ1) is 12.7. The maximum atomic E-state index is 12.3. The van der Waals surface area contributed by atoms with Gasteiger partial charge in [0.1, 0.15) is 13.2 Å². The van der Waals surface area contributed by atoms with Crippen LogP contribution < -0.4 is 14.8 Å². The van der Waals surface area contributed by atoms with Crippen LogP contribution in [0.25, 0.3) is 0 Å². The molecule has 2 aliphatic heterocycles. The van der Waals surface area contributed by atoms with Crippen LogP contribution in [-0.4, -0.2) is 53.8 Å². The molecule has 0 atom stereocenters. The highest BCUT2D eigenvalue weighted by Gasteiger charge is 2.35. The quantitative estimate of drug-likeness (QED) is 0.873. The molecule has 0 radical (unpaired) electrons. The molecule has 0 bridgehead atoms. The standard InChI is InChI=1S/C18H20N4O4/c23-16(19-13-3-4-14-15(7-13)25-6-5-24-14)10-22-8-12(9-22)18-20-17(21-26-18)11-1-2-11/h3-4,7,11-12H,1-2,5-6,8-10H2,(H,19,23). The van der Waals surface area contributed by atoms with E-state index in [0.717, 1.165) is 31.8 Å². The van der Waals surface area contributed by atoms with Crippen molar-refractivity contribution in [2.24, 2.45) is 0 Å². The third-order valence-corrected chi connectivity index (χ3v) is 4.90. The van der Waals surface area contributed by atoms with Gasteiger partial charge in [-0.3, -0.25) is 9.69 Å². The second-order valence-electron chi connectivity index (χ2n) is 7.06. The summed E-state index contributed by atoms with van der Waals surface area (Å²) in [5.41, 5.74) is 0.710. The van der Waals surface area contributed by atoms with Crippen molar-refractivity contribution < 1.29 is 18.8 Å². The van der Waals surface area contributed by atoms with Gasteiger partial charge in [-0.05, 0) is 25.0 Å². The molecule has 3 aliphatic rings. The summed E-state index contributed by atoms with van der Waals surface area (Å²) in [6.45, 7) is 2.95. The Morgan fingerprint density at radius 2 is 1.96 bits per heavy atom. The SMILES string of the molecule is O=C(CN1CC(c2nc(C3CC3)no2)C1)Nc1ccc2c(c1)OCCO2. The maximum absolute atomic E-state index is 12.3. The fourth-order valence-corrected chi connectivity index (χ4v) is 3.30. The van der Waals surface area contributed by atoms with E-state index in [0.29, 0.717) is 48.8 Å². The number of aromatic nitrogens is 2. The summed E-state index contributed by atoms with van der Waals surface area (Å²) in [6.07, 6.45) is 2.32. The zero-order valence-electron chi connectivity index (χ0n) is 14.3. The van der Waals surface area contributed by atoms with Gasteiger partial charge in [0.25, 0.3) is 0 Å². The summed E-state index contributed by atoms with van der Waals surface area (Å²) < 4.78 is 16.4. The van der Waals surface area contributed by atoms with Gasteiger partial charge >= 0.3 is 0 Å². The number of anilines is 1. The molecule has 1 saturated heterocycles. The van der Waals surface area contributed by atoms with Gasteiger partial charge < -0.3 is 19.3 Å². The van der Waals surface area contributed by atoms with Crippen LogP contribution in [0.2, 0.25) is 0 Å². The van der Waals surface area contributed by atoms with Crippen LogP contribution in [0.5, 0.6) is 11.5 Å². The van der Waals surface area contributed by atoms with Crippen LogP contribution in [0.15, 0.2) is 22.7 Å². The summed E-state index contributed by atoms with van der Waals surface area (Å²) in [5, 5.41) is 6.96. The first-order valence-corrected chi connectivity index (χ1v) is 9.00. The molecule has 3 heterocycles. The molecule has 8 nitrogen and oxygen atoms in total. The van der Waals surface area contributed by atoms with E-state index in [1.54, 1.807) is 6.07 Å². The van der Waals surface area contributed by atoms with E-state index in [2.05, 4.69) is 20.4 Å². The highest BCUT2D eigenvalue weighted by molar-refractivity contribution is 5.92. The van der Waals surface area contributed by atoms with Crippen LogP contribution in [0, 0.1) is 0 Å². The minimum absolute atomic E-state index is 0.0515. The second-order valence-corrected chi connectivity index (χ2v) is 7.06. The molecule has 1 amide bonds. The molecule has 136 valence electrons. The lowest BCUT2D eigenvalue weighted by Crippen LogP contribution is -2.48. The van der Waals surface area contributed by atoms with Crippen molar-refractivity contribution in [1.82, 2.24) is 15.0 Å². The molecule has 0 spiro atoms. The number of hydrogen-bond donors (Lipinski definition) is 1. The van der Waals surface area contributed by atoms with Crippen molar-refractivity contribution in [3.8, 4) is 11.5 Å². The third kappa shape index (κ3) is 3.12. The lowest BCUT2D eigenvalue weighted by Gasteiger charge is -2.36. The summed E-state index contributed by atoms with van der Waals surface area (Å²) >= 11 is 0. The van der Waals surface area contributed by atoms with Crippen LogP contribution in [0.1, 0.15) is 36.4 Å². The molecule has 1 N–H and O–H groups in total. The number of benzene rings is 1. The van der Waals surface area contributed by atoms with Gasteiger partial charge in [-0.1, -0.05) is 5.16 Å². The number of hydrogen-bond acceptors (Lipinski definition) is 7. The smallest absolute Gasteiger partial charge is 0.238 e. The Hall–Kier alpha value is -2.61. The number of carbonyl (C=O) groups excluding carboxylic acids is 1. The van der Waals surface area contributed by atoms with E-state index < -0.39 is 0 Å². The van der Waals surface area contributed by atoms with Gasteiger partial charge in [0.15, 0.2) is 17.3 Å². The zero-order chi connectivity index (χ0) is 17.5. The third-order valence-electron chi connectivity index (χ3n) is 4.90. The Bertz CT molecular complexity index is 826. The lowest BCUT2D eigenvalue weighted by atomic mass is 10.0. The Balaban J connectivity index is 1.12. The normalized spacial score (nSPS) is 19.8. The van der Waals surface area contributed by atoms with E-state index in [1.165, 1.54) is 0 Å². The number of carbonyl (C=O) groups is 1. The zero-order valence-corrected chi connectivity index (χ0v) is 14.3. The van der Waals surface area contributed by atoms with Crippen LogP contribution in [0.4, 0.5) is 5.69 Å². The van der Waals surface area contributed by atoms with Crippen molar-refractivity contribution >= 4 is 11.6 Å². The summed E-state index contributed by atoms with van der Waals surface area (Å²) in [4.78, 5) is 18.8. The van der Waals surface area contributed by atoms with Gasteiger partial charge in [-0.2, -0.15) is 4.98 Å². The Kier molecular flexibility index (Phi) is 3.77. The number of likely N-dealkylation sites (tertiary alicyclic amines) is 1. The Labute approximate surface area is 150 Å². The fourth-order valence-electron chi connectivity index (χ4n) is 3.30. The van der Waals surface area contributed by atoms with Gasteiger partial charge in [0.2, 0.25) is 11.8 Å². The average Bonchev–Trinajstić information content (AvgIpc) is 3.36. The minimum Gasteiger partial charge on any atom is -0.486 e. The molecular weight excluding hydrogens is 336 g/mol. The van der Waals surface area contributed by atoms with E-state index in [4.69, 9.17) is 14.0 Å². The van der Waals surface area contributed by atoms with E-state index in [9.17, 15) is 4.79 Å². The minimum atomic E-state index is -0.0515. The van der Waals surface area contributed by atoms with Crippen LogP contribution >= 0.6 is 0 Å². The van der Waals surface area contributed by atoms with Crippen molar-refractivity contribution in [3.63, 3.8) is 0 Å². The summed E-state index contributed by atoms with van der Waals surface area (Å²) in [5.74, 6) is 3.61. The predicted octanol–water partition coefficient (Wildman–Crippen LogP) is 1.76. The maximum Gasteiger partial charge on any atom is 0.238 e. The largest absolute Gasteiger partial charge is 0.486 e. The lowest BCUT2D eigenvalue weighted by molar-refractivity contribution is -0.118. The Morgan fingerprint density at radius 1 is 1.15 bits per heavy atom. The number of nitrogens with zero attached hydrogens (tertiary/aromatic N) is 3. The van der Waals surface area contributed by atoms with Gasteiger partial charge in [0, 0.05) is 30.8 Å². The second kappa shape index (κ2) is 6.28. The number of rotatable bonds is 5. The Morgan fingerprint density at radius 3 is 2.77 bits per heavy atom. The highest BCUT2D eigenvalue weighted by atomic mass is 16.6. The number of ether oxygens (including phenoxy) is 2. The molecule has 5 rings (SSSR count). The molecule has 1 aromatic carbocycles. The van der Waals surface area contributed by atoms with Crippen LogP contribution in [0.3, 0.4) is 0 Å². The van der Waals surface area contributed by atoms with E-state index in [-0.39, 0.29) is 11.8 Å². The number of nitrogens with one attached hydrogen (secondary N) is 1. The summed E-state index contributed by atoms with van der Waals surface area (Å²) in [7, 11) is 0. The first kappa shape index (κ1) is 15.6. The highest BCUT2D eigenvalue weighted by Crippen LogP contribution is 2.39. The number of amides is 1. The molecule has 2 fully saturated rings. The first-order valence-electron chi connectivity index (χ1n) is 9.00. The molecule has 1 aromatic heterocycles.